The maximum atomic E-state index is 12.9. The third-order valence-electron chi connectivity index (χ3n) is 4.57. The normalized spacial score (nSPS) is 21.6. The Balaban J connectivity index is 2.04. The van der Waals surface area contributed by atoms with Crippen molar-refractivity contribution in [1.29, 1.82) is 0 Å². The number of aromatic nitrogens is 3. The molecule has 1 aliphatic rings. The Morgan fingerprint density at radius 2 is 2.04 bits per heavy atom. The van der Waals surface area contributed by atoms with Gasteiger partial charge in [0.25, 0.3) is 11.5 Å². The van der Waals surface area contributed by atoms with Gasteiger partial charge in [-0.15, -0.1) is 0 Å². The summed E-state index contributed by atoms with van der Waals surface area (Å²) in [6, 6.07) is 0.311. The molecule has 0 N–H and O–H groups in total. The molecule has 1 saturated heterocycles. The smallest absolute Gasteiger partial charge is 0.296 e. The van der Waals surface area contributed by atoms with Crippen LogP contribution in [0, 0.1) is 12.8 Å². The lowest BCUT2D eigenvalue weighted by atomic mass is 10.1. The standard InChI is InChI=1S/C15H21N5O3/c1-8-6-20(7-10(8)18(3)4)15(22)12-11-9(2)23-17-13(11)14(21)19(5)16-12/h8,10H,6-7H2,1-5H3. The minimum Gasteiger partial charge on any atom is -0.360 e. The molecule has 23 heavy (non-hydrogen) atoms. The first-order valence-corrected chi connectivity index (χ1v) is 7.60. The maximum Gasteiger partial charge on any atom is 0.296 e. The molecule has 0 aliphatic carbocycles. The molecule has 8 nitrogen and oxygen atoms in total. The van der Waals surface area contributed by atoms with E-state index in [1.54, 1.807) is 11.8 Å². The zero-order valence-corrected chi connectivity index (χ0v) is 14.0. The molecular weight excluding hydrogens is 298 g/mol. The fraction of sp³-hybridized carbons (Fsp3) is 0.600. The zero-order valence-electron chi connectivity index (χ0n) is 14.0. The number of hydrogen-bond donors (Lipinski definition) is 0. The molecule has 1 aliphatic heterocycles. The van der Waals surface area contributed by atoms with Gasteiger partial charge in [-0.2, -0.15) is 5.10 Å². The molecule has 0 spiro atoms. The fourth-order valence-corrected chi connectivity index (χ4v) is 3.28. The van der Waals surface area contributed by atoms with Crippen molar-refractivity contribution in [2.45, 2.75) is 19.9 Å². The van der Waals surface area contributed by atoms with Crippen LogP contribution in [0.5, 0.6) is 0 Å². The monoisotopic (exact) mass is 319 g/mol. The molecule has 0 radical (unpaired) electrons. The van der Waals surface area contributed by atoms with E-state index in [1.165, 1.54) is 7.05 Å². The van der Waals surface area contributed by atoms with Crippen LogP contribution in [0.15, 0.2) is 9.32 Å². The predicted molar refractivity (Wildman–Crippen MR) is 84.3 cm³/mol. The Kier molecular flexibility index (Phi) is 3.71. The highest BCUT2D eigenvalue weighted by molar-refractivity contribution is 6.04. The molecule has 1 fully saturated rings. The first-order chi connectivity index (χ1) is 10.8. The summed E-state index contributed by atoms with van der Waals surface area (Å²) in [7, 11) is 5.54. The van der Waals surface area contributed by atoms with E-state index < -0.39 is 0 Å². The van der Waals surface area contributed by atoms with Gasteiger partial charge in [-0.3, -0.25) is 9.59 Å². The van der Waals surface area contributed by atoms with Gasteiger partial charge in [0.1, 0.15) is 5.76 Å². The van der Waals surface area contributed by atoms with Crippen LogP contribution < -0.4 is 5.56 Å². The molecule has 124 valence electrons. The molecule has 2 unspecified atom stereocenters. The molecule has 1 amide bonds. The Bertz CT molecular complexity index is 822. The molecule has 0 bridgehead atoms. The third kappa shape index (κ3) is 2.42. The summed E-state index contributed by atoms with van der Waals surface area (Å²) in [6.07, 6.45) is 0. The van der Waals surface area contributed by atoms with Crippen LogP contribution in [-0.4, -0.2) is 63.9 Å². The van der Waals surface area contributed by atoms with Crippen LogP contribution in [0.2, 0.25) is 0 Å². The molecule has 8 heteroatoms. The average Bonchev–Trinajstić information content (AvgIpc) is 3.06. The van der Waals surface area contributed by atoms with Crippen molar-refractivity contribution in [2.24, 2.45) is 13.0 Å². The summed E-state index contributed by atoms with van der Waals surface area (Å²) in [5.41, 5.74) is 0.0153. The van der Waals surface area contributed by atoms with Gasteiger partial charge in [-0.25, -0.2) is 4.68 Å². The van der Waals surface area contributed by atoms with Crippen LogP contribution >= 0.6 is 0 Å². The number of likely N-dealkylation sites (N-methyl/N-ethyl adjacent to an activating group) is 1. The van der Waals surface area contributed by atoms with Gasteiger partial charge in [0.05, 0.1) is 5.39 Å². The first-order valence-electron chi connectivity index (χ1n) is 7.60. The van der Waals surface area contributed by atoms with E-state index >= 15 is 0 Å². The van der Waals surface area contributed by atoms with Crippen molar-refractivity contribution >= 4 is 16.8 Å². The predicted octanol–water partition coefficient (Wildman–Crippen LogP) is 0.252. The van der Waals surface area contributed by atoms with Crippen molar-refractivity contribution in [3.8, 4) is 0 Å². The van der Waals surface area contributed by atoms with E-state index in [0.29, 0.717) is 36.2 Å². The molecule has 2 aromatic heterocycles. The van der Waals surface area contributed by atoms with Crippen LogP contribution in [0.3, 0.4) is 0 Å². The van der Waals surface area contributed by atoms with Crippen molar-refractivity contribution in [1.82, 2.24) is 24.7 Å². The van der Waals surface area contributed by atoms with Crippen molar-refractivity contribution in [3.63, 3.8) is 0 Å². The van der Waals surface area contributed by atoms with Gasteiger partial charge in [-0.1, -0.05) is 12.1 Å². The van der Waals surface area contributed by atoms with Crippen LogP contribution in [0.4, 0.5) is 0 Å². The number of carbonyl (C=O) groups is 1. The average molecular weight is 319 g/mol. The van der Waals surface area contributed by atoms with Crippen molar-refractivity contribution in [2.75, 3.05) is 27.2 Å². The number of aryl methyl sites for hydroxylation is 2. The van der Waals surface area contributed by atoms with Crippen LogP contribution in [-0.2, 0) is 7.05 Å². The first kappa shape index (κ1) is 15.7. The summed E-state index contributed by atoms with van der Waals surface area (Å²) < 4.78 is 6.24. The van der Waals surface area contributed by atoms with E-state index in [2.05, 4.69) is 22.1 Å². The Morgan fingerprint density at radius 1 is 1.35 bits per heavy atom. The largest absolute Gasteiger partial charge is 0.360 e. The highest BCUT2D eigenvalue weighted by atomic mass is 16.5. The lowest BCUT2D eigenvalue weighted by Crippen LogP contribution is -2.36. The molecule has 3 rings (SSSR count). The molecule has 0 saturated carbocycles. The molecule has 2 atom stereocenters. The number of fused-ring (bicyclic) bond motifs is 1. The minimum atomic E-state index is -0.366. The molecule has 0 aromatic carbocycles. The third-order valence-corrected chi connectivity index (χ3v) is 4.57. The van der Waals surface area contributed by atoms with E-state index in [4.69, 9.17) is 4.52 Å². The lowest BCUT2D eigenvalue weighted by molar-refractivity contribution is 0.0775. The second-order valence-electron chi connectivity index (χ2n) is 6.46. The van der Waals surface area contributed by atoms with Gasteiger partial charge < -0.3 is 14.3 Å². The Labute approximate surface area is 133 Å². The molecular formula is C15H21N5O3. The summed E-state index contributed by atoms with van der Waals surface area (Å²) in [4.78, 5) is 28.9. The Hall–Kier alpha value is -2.22. The summed E-state index contributed by atoms with van der Waals surface area (Å²) in [5, 5.41) is 8.37. The van der Waals surface area contributed by atoms with Crippen LogP contribution in [0.1, 0.15) is 23.2 Å². The topological polar surface area (TPSA) is 84.5 Å². The van der Waals surface area contributed by atoms with E-state index in [0.717, 1.165) is 4.68 Å². The summed E-state index contributed by atoms with van der Waals surface area (Å²) in [6.45, 7) is 5.12. The maximum absolute atomic E-state index is 12.9. The zero-order chi connectivity index (χ0) is 16.9. The Morgan fingerprint density at radius 3 is 2.65 bits per heavy atom. The van der Waals surface area contributed by atoms with Crippen LogP contribution in [0.25, 0.3) is 10.9 Å². The second-order valence-corrected chi connectivity index (χ2v) is 6.46. The summed E-state index contributed by atoms with van der Waals surface area (Å²) in [5.74, 6) is 0.624. The summed E-state index contributed by atoms with van der Waals surface area (Å²) >= 11 is 0. The minimum absolute atomic E-state index is 0.153. The number of likely N-dealkylation sites (tertiary alicyclic amines) is 1. The highest BCUT2D eigenvalue weighted by Crippen LogP contribution is 2.24. The number of nitrogens with zero attached hydrogens (tertiary/aromatic N) is 5. The number of carbonyl (C=O) groups excluding carboxylic acids is 1. The second kappa shape index (κ2) is 5.45. The van der Waals surface area contributed by atoms with Gasteiger partial charge in [-0.05, 0) is 26.9 Å². The van der Waals surface area contributed by atoms with Gasteiger partial charge in [0, 0.05) is 26.2 Å². The van der Waals surface area contributed by atoms with Crippen molar-refractivity contribution in [3.05, 3.63) is 21.8 Å². The lowest BCUT2D eigenvalue weighted by Gasteiger charge is -2.22. The van der Waals surface area contributed by atoms with Gasteiger partial charge in [0.15, 0.2) is 11.2 Å². The quantitative estimate of drug-likeness (QED) is 0.789. The van der Waals surface area contributed by atoms with Gasteiger partial charge >= 0.3 is 0 Å². The SMILES string of the molecule is Cc1onc2c(=O)n(C)nc(C(=O)N3CC(C)C(N(C)C)C3)c12. The van der Waals surface area contributed by atoms with Crippen molar-refractivity contribution < 1.29 is 9.32 Å². The molecule has 2 aromatic rings. The van der Waals surface area contributed by atoms with E-state index in [1.807, 2.05) is 14.1 Å². The van der Waals surface area contributed by atoms with E-state index in [-0.39, 0.29) is 22.7 Å². The van der Waals surface area contributed by atoms with E-state index in [9.17, 15) is 9.59 Å². The number of amides is 1. The molecule has 3 heterocycles. The fourth-order valence-electron chi connectivity index (χ4n) is 3.28. The number of rotatable bonds is 2. The van der Waals surface area contributed by atoms with Gasteiger partial charge in [0.2, 0.25) is 0 Å². The number of hydrogen-bond acceptors (Lipinski definition) is 6. The highest BCUT2D eigenvalue weighted by Gasteiger charge is 2.36.